The van der Waals surface area contributed by atoms with Crippen LogP contribution in [0.3, 0.4) is 0 Å². The first kappa shape index (κ1) is 12.5. The van der Waals surface area contributed by atoms with Gasteiger partial charge in [-0.15, -0.1) is 0 Å². The van der Waals surface area contributed by atoms with Gasteiger partial charge in [0.2, 0.25) is 0 Å². The van der Waals surface area contributed by atoms with Crippen LogP contribution in [0.2, 0.25) is 5.02 Å². The van der Waals surface area contributed by atoms with Gasteiger partial charge in [0, 0.05) is 24.2 Å². The summed E-state index contributed by atoms with van der Waals surface area (Å²) in [5.41, 5.74) is 1.07. The molecule has 0 radical (unpaired) electrons. The molecule has 1 heterocycles. The van der Waals surface area contributed by atoms with Crippen molar-refractivity contribution in [1.82, 2.24) is 10.5 Å². The van der Waals surface area contributed by atoms with Gasteiger partial charge in [-0.05, 0) is 18.9 Å². The lowest BCUT2D eigenvalue weighted by Gasteiger charge is -2.12. The van der Waals surface area contributed by atoms with Crippen molar-refractivity contribution in [3.63, 3.8) is 0 Å². The van der Waals surface area contributed by atoms with Crippen molar-refractivity contribution in [2.75, 3.05) is 0 Å². The molecule has 2 aromatic rings. The maximum absolute atomic E-state index is 6.20. The maximum Gasteiger partial charge on any atom is 0.174 e. The van der Waals surface area contributed by atoms with E-state index in [-0.39, 0.29) is 0 Å². The zero-order chi connectivity index (χ0) is 13.1. The summed E-state index contributed by atoms with van der Waals surface area (Å²) in [5.74, 6) is 1.40. The second-order valence-electron chi connectivity index (χ2n) is 4.65. The monoisotopic (exact) mass is 278 g/mol. The Labute approximate surface area is 116 Å². The first-order chi connectivity index (χ1) is 9.33. The lowest BCUT2D eigenvalue weighted by atomic mass is 10.2. The third-order valence-electron chi connectivity index (χ3n) is 3.06. The largest absolute Gasteiger partial charge is 0.484 e. The van der Waals surface area contributed by atoms with Crippen molar-refractivity contribution >= 4 is 11.6 Å². The van der Waals surface area contributed by atoms with Crippen LogP contribution in [-0.2, 0) is 13.2 Å². The van der Waals surface area contributed by atoms with Gasteiger partial charge in [-0.3, -0.25) is 0 Å². The van der Waals surface area contributed by atoms with Crippen molar-refractivity contribution in [3.8, 4) is 5.75 Å². The smallest absolute Gasteiger partial charge is 0.174 e. The van der Waals surface area contributed by atoms with E-state index in [4.69, 9.17) is 20.9 Å². The average Bonchev–Trinajstić information content (AvgIpc) is 3.10. The van der Waals surface area contributed by atoms with Crippen LogP contribution >= 0.6 is 11.6 Å². The molecule has 0 amide bonds. The molecule has 19 heavy (non-hydrogen) atoms. The highest BCUT2D eigenvalue weighted by Gasteiger charge is 2.21. The van der Waals surface area contributed by atoms with E-state index in [0.29, 0.717) is 29.2 Å². The standard InChI is InChI=1S/C14H15ClN2O2/c15-13-3-1-2-10(8-16-11-4-5-11)14(13)18-9-12-6-7-17-19-12/h1-3,6-7,11,16H,4-5,8-9H2. The van der Waals surface area contributed by atoms with Crippen LogP contribution in [-0.4, -0.2) is 11.2 Å². The van der Waals surface area contributed by atoms with Crippen molar-refractivity contribution in [1.29, 1.82) is 0 Å². The minimum absolute atomic E-state index is 0.333. The number of hydrogen-bond donors (Lipinski definition) is 1. The summed E-state index contributed by atoms with van der Waals surface area (Å²) < 4.78 is 10.8. The summed E-state index contributed by atoms with van der Waals surface area (Å²) in [6.45, 7) is 1.11. The Kier molecular flexibility index (Phi) is 3.71. The molecule has 5 heteroatoms. The molecule has 1 fully saturated rings. The van der Waals surface area contributed by atoms with Crippen molar-refractivity contribution < 1.29 is 9.26 Å². The number of hydrogen-bond acceptors (Lipinski definition) is 4. The molecule has 0 unspecified atom stereocenters. The number of rotatable bonds is 6. The van der Waals surface area contributed by atoms with Crippen LogP contribution in [0.1, 0.15) is 24.2 Å². The van der Waals surface area contributed by atoms with E-state index in [1.54, 1.807) is 12.3 Å². The summed E-state index contributed by atoms with van der Waals surface area (Å²) in [5, 5.41) is 7.73. The SMILES string of the molecule is Clc1cccc(CNC2CC2)c1OCc1ccno1. The topological polar surface area (TPSA) is 47.3 Å². The number of ether oxygens (including phenoxy) is 1. The highest BCUT2D eigenvalue weighted by atomic mass is 35.5. The molecular formula is C14H15ClN2O2. The number of para-hydroxylation sites is 1. The Hall–Kier alpha value is -1.52. The Morgan fingerprint density at radius 2 is 2.26 bits per heavy atom. The summed E-state index contributed by atoms with van der Waals surface area (Å²) in [6.07, 6.45) is 4.12. The van der Waals surface area contributed by atoms with Crippen LogP contribution in [0.5, 0.6) is 5.75 Å². The number of benzene rings is 1. The van der Waals surface area contributed by atoms with Gasteiger partial charge in [0.15, 0.2) is 5.76 Å². The zero-order valence-electron chi connectivity index (χ0n) is 10.4. The first-order valence-corrected chi connectivity index (χ1v) is 6.74. The molecule has 4 nitrogen and oxygen atoms in total. The van der Waals surface area contributed by atoms with E-state index in [9.17, 15) is 0 Å². The molecule has 1 aromatic heterocycles. The normalized spacial score (nSPS) is 14.6. The molecule has 3 rings (SSSR count). The third kappa shape index (κ3) is 3.28. The molecule has 0 bridgehead atoms. The van der Waals surface area contributed by atoms with Gasteiger partial charge < -0.3 is 14.6 Å². The molecule has 1 saturated carbocycles. The lowest BCUT2D eigenvalue weighted by molar-refractivity contribution is 0.247. The molecule has 0 aliphatic heterocycles. The predicted octanol–water partition coefficient (Wildman–Crippen LogP) is 3.16. The molecule has 1 aliphatic carbocycles. The van der Waals surface area contributed by atoms with Gasteiger partial charge >= 0.3 is 0 Å². The van der Waals surface area contributed by atoms with E-state index in [1.165, 1.54) is 12.8 Å². The number of nitrogens with one attached hydrogen (secondary N) is 1. The van der Waals surface area contributed by atoms with Crippen LogP contribution < -0.4 is 10.1 Å². The summed E-state index contributed by atoms with van der Waals surface area (Å²) in [6, 6.07) is 8.22. The molecule has 1 N–H and O–H groups in total. The molecule has 1 aromatic carbocycles. The quantitative estimate of drug-likeness (QED) is 0.882. The summed E-state index contributed by atoms with van der Waals surface area (Å²) in [7, 11) is 0. The highest BCUT2D eigenvalue weighted by molar-refractivity contribution is 6.32. The van der Waals surface area contributed by atoms with E-state index in [2.05, 4.69) is 10.5 Å². The molecule has 100 valence electrons. The van der Waals surface area contributed by atoms with Crippen molar-refractivity contribution in [2.24, 2.45) is 0 Å². The average molecular weight is 279 g/mol. The lowest BCUT2D eigenvalue weighted by Crippen LogP contribution is -2.16. The predicted molar refractivity (Wildman–Crippen MR) is 72.1 cm³/mol. The van der Waals surface area contributed by atoms with Crippen LogP contribution in [0.25, 0.3) is 0 Å². The molecule has 0 atom stereocenters. The minimum atomic E-state index is 0.333. The van der Waals surface area contributed by atoms with Gasteiger partial charge in [0.05, 0.1) is 11.2 Å². The Morgan fingerprint density at radius 1 is 1.37 bits per heavy atom. The van der Waals surface area contributed by atoms with Gasteiger partial charge in [0.25, 0.3) is 0 Å². The fraction of sp³-hybridized carbons (Fsp3) is 0.357. The van der Waals surface area contributed by atoms with Crippen LogP contribution in [0, 0.1) is 0 Å². The van der Waals surface area contributed by atoms with Crippen molar-refractivity contribution in [2.45, 2.75) is 32.0 Å². The molecule has 1 aliphatic rings. The zero-order valence-corrected chi connectivity index (χ0v) is 11.2. The number of halogens is 1. The number of nitrogens with zero attached hydrogens (tertiary/aromatic N) is 1. The summed E-state index contributed by atoms with van der Waals surface area (Å²) in [4.78, 5) is 0. The van der Waals surface area contributed by atoms with Gasteiger partial charge in [-0.2, -0.15) is 0 Å². The second kappa shape index (κ2) is 5.63. The molecular weight excluding hydrogens is 264 g/mol. The van der Waals surface area contributed by atoms with Crippen molar-refractivity contribution in [3.05, 3.63) is 46.8 Å². The first-order valence-electron chi connectivity index (χ1n) is 6.36. The van der Waals surface area contributed by atoms with Crippen LogP contribution in [0.15, 0.2) is 35.0 Å². The third-order valence-corrected chi connectivity index (χ3v) is 3.35. The highest BCUT2D eigenvalue weighted by Crippen LogP contribution is 2.30. The molecule has 0 saturated heterocycles. The van der Waals surface area contributed by atoms with E-state index >= 15 is 0 Å². The second-order valence-corrected chi connectivity index (χ2v) is 5.06. The Balaban J connectivity index is 1.69. The summed E-state index contributed by atoms with van der Waals surface area (Å²) >= 11 is 6.20. The maximum atomic E-state index is 6.20. The fourth-order valence-electron chi connectivity index (χ4n) is 1.86. The van der Waals surface area contributed by atoms with E-state index in [1.807, 2.05) is 18.2 Å². The minimum Gasteiger partial charge on any atom is -0.484 e. The van der Waals surface area contributed by atoms with Gasteiger partial charge in [-0.25, -0.2) is 0 Å². The van der Waals surface area contributed by atoms with Gasteiger partial charge in [-0.1, -0.05) is 28.9 Å². The Morgan fingerprint density at radius 3 is 3.00 bits per heavy atom. The number of aromatic nitrogens is 1. The van der Waals surface area contributed by atoms with E-state index < -0.39 is 0 Å². The van der Waals surface area contributed by atoms with E-state index in [0.717, 1.165) is 12.1 Å². The van der Waals surface area contributed by atoms with Crippen LogP contribution in [0.4, 0.5) is 0 Å². The van der Waals surface area contributed by atoms with Gasteiger partial charge in [0.1, 0.15) is 12.4 Å². The molecule has 0 spiro atoms. The fourth-order valence-corrected chi connectivity index (χ4v) is 2.10. The Bertz CT molecular complexity index is 538.